The first kappa shape index (κ1) is 20.7. The van der Waals surface area contributed by atoms with Gasteiger partial charge in [0.1, 0.15) is 11.9 Å². The first-order chi connectivity index (χ1) is 14.5. The second-order valence-corrected chi connectivity index (χ2v) is 9.55. The van der Waals surface area contributed by atoms with Gasteiger partial charge in [0.05, 0.1) is 23.6 Å². The average Bonchev–Trinajstić information content (AvgIpc) is 2.74. The number of benzene rings is 2. The predicted molar refractivity (Wildman–Crippen MR) is 111 cm³/mol. The molecule has 7 heteroatoms. The van der Waals surface area contributed by atoms with Gasteiger partial charge in [-0.15, -0.1) is 0 Å². The molecule has 4 rings (SSSR count). The van der Waals surface area contributed by atoms with Gasteiger partial charge in [0.2, 0.25) is 10.0 Å². The normalized spacial score (nSPS) is 24.6. The SMILES string of the molecule is N#C[C@@H]1[C@@H](c2ccccc2C2=CCCCC2)[C@@H](CO)N1S(=O)(=O)c1cccc(F)c1. The summed E-state index contributed by atoms with van der Waals surface area (Å²) >= 11 is 0. The number of nitriles is 1. The summed E-state index contributed by atoms with van der Waals surface area (Å²) in [6.45, 7) is -0.426. The summed E-state index contributed by atoms with van der Waals surface area (Å²) in [7, 11) is -4.13. The lowest BCUT2D eigenvalue weighted by Gasteiger charge is -2.50. The Morgan fingerprint density at radius 1 is 1.17 bits per heavy atom. The molecule has 0 amide bonds. The summed E-state index contributed by atoms with van der Waals surface area (Å²) in [6.07, 6.45) is 6.39. The molecule has 30 heavy (non-hydrogen) atoms. The van der Waals surface area contributed by atoms with Crippen molar-refractivity contribution < 1.29 is 17.9 Å². The summed E-state index contributed by atoms with van der Waals surface area (Å²) in [5.74, 6) is -1.13. The van der Waals surface area contributed by atoms with Crippen LogP contribution in [0, 0.1) is 17.1 Å². The number of allylic oxidation sites excluding steroid dienone is 2. The van der Waals surface area contributed by atoms with E-state index >= 15 is 0 Å². The fourth-order valence-corrected chi connectivity index (χ4v) is 6.37. The van der Waals surface area contributed by atoms with Crippen molar-refractivity contribution in [3.63, 3.8) is 0 Å². The van der Waals surface area contributed by atoms with Crippen LogP contribution in [0.5, 0.6) is 0 Å². The van der Waals surface area contributed by atoms with E-state index in [1.807, 2.05) is 24.3 Å². The molecule has 156 valence electrons. The summed E-state index contributed by atoms with van der Waals surface area (Å²) < 4.78 is 41.0. The van der Waals surface area contributed by atoms with Crippen molar-refractivity contribution >= 4 is 15.6 Å². The Morgan fingerprint density at radius 2 is 1.97 bits per heavy atom. The molecule has 1 aliphatic heterocycles. The first-order valence-corrected chi connectivity index (χ1v) is 11.5. The van der Waals surface area contributed by atoms with Crippen LogP contribution in [0.2, 0.25) is 0 Å². The number of rotatable bonds is 5. The van der Waals surface area contributed by atoms with Crippen LogP contribution < -0.4 is 0 Å². The maximum Gasteiger partial charge on any atom is 0.244 e. The van der Waals surface area contributed by atoms with Gasteiger partial charge in [-0.05, 0) is 60.6 Å². The molecule has 0 radical (unpaired) electrons. The van der Waals surface area contributed by atoms with E-state index in [0.717, 1.165) is 53.2 Å². The minimum Gasteiger partial charge on any atom is -0.395 e. The van der Waals surface area contributed by atoms with Gasteiger partial charge in [0, 0.05) is 5.92 Å². The van der Waals surface area contributed by atoms with Crippen LogP contribution in [0.3, 0.4) is 0 Å². The highest BCUT2D eigenvalue weighted by Crippen LogP contribution is 2.46. The highest BCUT2D eigenvalue weighted by Gasteiger charge is 2.55. The Hall–Kier alpha value is -2.53. The molecule has 0 bridgehead atoms. The van der Waals surface area contributed by atoms with Crippen LogP contribution in [-0.2, 0) is 10.0 Å². The van der Waals surface area contributed by atoms with Gasteiger partial charge in [0.25, 0.3) is 0 Å². The molecule has 1 N–H and O–H groups in total. The van der Waals surface area contributed by atoms with E-state index in [1.165, 1.54) is 17.7 Å². The van der Waals surface area contributed by atoms with Gasteiger partial charge >= 0.3 is 0 Å². The molecule has 5 nitrogen and oxygen atoms in total. The van der Waals surface area contributed by atoms with Crippen LogP contribution >= 0.6 is 0 Å². The molecule has 1 aliphatic carbocycles. The van der Waals surface area contributed by atoms with Crippen molar-refractivity contribution in [3.05, 3.63) is 71.6 Å². The second kappa shape index (κ2) is 8.31. The van der Waals surface area contributed by atoms with Crippen molar-refractivity contribution in [3.8, 4) is 6.07 Å². The topological polar surface area (TPSA) is 81.4 Å². The summed E-state index contributed by atoms with van der Waals surface area (Å²) in [4.78, 5) is -0.220. The molecule has 3 atom stereocenters. The molecule has 0 unspecified atom stereocenters. The van der Waals surface area contributed by atoms with E-state index in [9.17, 15) is 23.2 Å². The molecule has 0 spiro atoms. The van der Waals surface area contributed by atoms with E-state index in [0.29, 0.717) is 0 Å². The Balaban J connectivity index is 1.74. The number of nitrogens with zero attached hydrogens (tertiary/aromatic N) is 2. The van der Waals surface area contributed by atoms with Crippen molar-refractivity contribution in [2.75, 3.05) is 6.61 Å². The van der Waals surface area contributed by atoms with E-state index in [2.05, 4.69) is 12.1 Å². The predicted octanol–water partition coefficient (Wildman–Crippen LogP) is 3.82. The molecule has 2 aromatic rings. The number of aliphatic hydroxyl groups is 1. The molecule has 0 aromatic heterocycles. The Kier molecular flexibility index (Phi) is 5.74. The minimum absolute atomic E-state index is 0.220. The molecular weight excluding hydrogens is 403 g/mol. The molecule has 1 saturated heterocycles. The molecule has 2 aromatic carbocycles. The van der Waals surface area contributed by atoms with E-state index in [-0.39, 0.29) is 4.90 Å². The van der Waals surface area contributed by atoms with Crippen LogP contribution in [0.1, 0.15) is 42.7 Å². The van der Waals surface area contributed by atoms with Crippen LogP contribution in [0.15, 0.2) is 59.5 Å². The lowest BCUT2D eigenvalue weighted by Crippen LogP contribution is -2.65. The lowest BCUT2D eigenvalue weighted by atomic mass is 9.74. The molecule has 1 fully saturated rings. The number of aliphatic hydroxyl groups excluding tert-OH is 1. The third-order valence-electron chi connectivity index (χ3n) is 6.00. The van der Waals surface area contributed by atoms with Gasteiger partial charge in [-0.1, -0.05) is 36.4 Å². The fourth-order valence-electron chi connectivity index (χ4n) is 4.58. The summed E-state index contributed by atoms with van der Waals surface area (Å²) in [5.41, 5.74) is 3.10. The van der Waals surface area contributed by atoms with Crippen molar-refractivity contribution in [2.45, 2.75) is 48.6 Å². The summed E-state index contributed by atoms with van der Waals surface area (Å²) in [6, 6.07) is 12.8. The lowest BCUT2D eigenvalue weighted by molar-refractivity contribution is 0.0555. The standard InChI is InChI=1S/C23H23FN2O3S/c24-17-9-6-10-18(13-17)30(28,29)26-21(14-25)23(22(26)15-27)20-12-5-4-11-19(20)16-7-2-1-3-8-16/h4-7,9-13,21-23,27H,1-3,8,15H2/t21-,22-,23-/m1/s1. The van der Waals surface area contributed by atoms with Crippen molar-refractivity contribution in [1.29, 1.82) is 5.26 Å². The fraction of sp³-hybridized carbons (Fsp3) is 0.348. The third kappa shape index (κ3) is 3.45. The Labute approximate surface area is 176 Å². The highest BCUT2D eigenvalue weighted by atomic mass is 32.2. The monoisotopic (exact) mass is 426 g/mol. The molecule has 2 aliphatic rings. The Bertz CT molecular complexity index is 1120. The largest absolute Gasteiger partial charge is 0.395 e. The van der Waals surface area contributed by atoms with Crippen LogP contribution in [0.4, 0.5) is 4.39 Å². The minimum atomic E-state index is -4.13. The number of hydrogen-bond acceptors (Lipinski definition) is 4. The quantitative estimate of drug-likeness (QED) is 0.788. The highest BCUT2D eigenvalue weighted by molar-refractivity contribution is 7.89. The summed E-state index contributed by atoms with van der Waals surface area (Å²) in [5, 5.41) is 19.9. The Morgan fingerprint density at radius 3 is 2.63 bits per heavy atom. The average molecular weight is 427 g/mol. The first-order valence-electron chi connectivity index (χ1n) is 10.1. The van der Waals surface area contributed by atoms with Crippen LogP contribution in [0.25, 0.3) is 5.57 Å². The van der Waals surface area contributed by atoms with Gasteiger partial charge in [-0.25, -0.2) is 12.8 Å². The van der Waals surface area contributed by atoms with Gasteiger partial charge in [-0.3, -0.25) is 0 Å². The number of sulfonamides is 1. The van der Waals surface area contributed by atoms with E-state index in [1.54, 1.807) is 0 Å². The maximum atomic E-state index is 13.6. The van der Waals surface area contributed by atoms with E-state index in [4.69, 9.17) is 0 Å². The van der Waals surface area contributed by atoms with Gasteiger partial charge in [-0.2, -0.15) is 9.57 Å². The zero-order valence-electron chi connectivity index (χ0n) is 16.4. The third-order valence-corrected chi connectivity index (χ3v) is 7.91. The van der Waals surface area contributed by atoms with E-state index < -0.39 is 40.4 Å². The number of hydrogen-bond donors (Lipinski definition) is 1. The van der Waals surface area contributed by atoms with Crippen molar-refractivity contribution in [1.82, 2.24) is 4.31 Å². The smallest absolute Gasteiger partial charge is 0.244 e. The van der Waals surface area contributed by atoms with Gasteiger partial charge < -0.3 is 5.11 Å². The molecule has 0 saturated carbocycles. The molecule has 1 heterocycles. The maximum absolute atomic E-state index is 13.6. The van der Waals surface area contributed by atoms with Crippen molar-refractivity contribution in [2.24, 2.45) is 0 Å². The van der Waals surface area contributed by atoms with Gasteiger partial charge in [0.15, 0.2) is 0 Å². The zero-order valence-corrected chi connectivity index (χ0v) is 17.2. The second-order valence-electron chi connectivity index (χ2n) is 7.70. The molecular formula is C23H23FN2O3S. The number of halogens is 1. The van der Waals surface area contributed by atoms with Crippen LogP contribution in [-0.4, -0.2) is 36.5 Å². The zero-order chi connectivity index (χ0) is 21.3.